The molecule has 16 heavy (non-hydrogen) atoms. The lowest BCUT2D eigenvalue weighted by molar-refractivity contribution is -0.105. The second kappa shape index (κ2) is 5.50. The summed E-state index contributed by atoms with van der Waals surface area (Å²) in [6, 6.07) is 7.19. The Morgan fingerprint density at radius 1 is 1.38 bits per heavy atom. The van der Waals surface area contributed by atoms with Gasteiger partial charge in [-0.25, -0.2) is 0 Å². The van der Waals surface area contributed by atoms with Gasteiger partial charge in [-0.3, -0.25) is 4.79 Å². The predicted octanol–water partition coefficient (Wildman–Crippen LogP) is 0.252. The maximum Gasteiger partial charge on any atom is 0.211 e. The molecule has 84 valence electrons. The summed E-state index contributed by atoms with van der Waals surface area (Å²) in [5.41, 5.74) is 12.5. The molecule has 1 amide bonds. The molecular formula is C10H13N5O. The van der Waals surface area contributed by atoms with Gasteiger partial charge in [0.25, 0.3) is 0 Å². The van der Waals surface area contributed by atoms with Crippen LogP contribution in [0.1, 0.15) is 12.5 Å². The normalized spacial score (nSPS) is 10.7. The van der Waals surface area contributed by atoms with Crippen molar-refractivity contribution in [3.8, 4) is 0 Å². The molecule has 0 fully saturated rings. The Balaban J connectivity index is 2.95. The Hall–Kier alpha value is -2.37. The Morgan fingerprint density at radius 3 is 2.75 bits per heavy atom. The SMILES string of the molecule is CC(=NN=C(N)N)c1cccc(NC=O)c1. The number of anilines is 1. The Kier molecular flexibility index (Phi) is 4.02. The predicted molar refractivity (Wildman–Crippen MR) is 64.1 cm³/mol. The van der Waals surface area contributed by atoms with Gasteiger partial charge in [-0.15, -0.1) is 5.10 Å². The molecule has 0 aliphatic carbocycles. The number of guanidine groups is 1. The first-order valence-electron chi connectivity index (χ1n) is 4.57. The molecule has 6 heteroatoms. The van der Waals surface area contributed by atoms with Crippen molar-refractivity contribution in [3.05, 3.63) is 29.8 Å². The first kappa shape index (κ1) is 11.7. The van der Waals surface area contributed by atoms with Crippen molar-refractivity contribution >= 4 is 23.8 Å². The summed E-state index contributed by atoms with van der Waals surface area (Å²) in [7, 11) is 0. The molecule has 0 atom stereocenters. The standard InChI is InChI=1S/C10H13N5O/c1-7(14-15-10(11)12)8-3-2-4-9(5-8)13-6-16/h2-6H,1H3,(H,13,16)(H4,11,12,15). The van der Waals surface area contributed by atoms with Crippen LogP contribution in [0.25, 0.3) is 0 Å². The van der Waals surface area contributed by atoms with Crippen molar-refractivity contribution in [2.24, 2.45) is 21.7 Å². The summed E-state index contributed by atoms with van der Waals surface area (Å²) < 4.78 is 0. The van der Waals surface area contributed by atoms with Crippen LogP contribution in [0.15, 0.2) is 34.5 Å². The number of hydrogen-bond acceptors (Lipinski definition) is 3. The highest BCUT2D eigenvalue weighted by Crippen LogP contribution is 2.10. The number of nitrogens with one attached hydrogen (secondary N) is 1. The molecular weight excluding hydrogens is 206 g/mol. The fourth-order valence-corrected chi connectivity index (χ4v) is 1.09. The minimum Gasteiger partial charge on any atom is -0.369 e. The number of benzene rings is 1. The lowest BCUT2D eigenvalue weighted by Gasteiger charge is -2.02. The van der Waals surface area contributed by atoms with Crippen molar-refractivity contribution in [1.82, 2.24) is 0 Å². The van der Waals surface area contributed by atoms with E-state index >= 15 is 0 Å². The fourth-order valence-electron chi connectivity index (χ4n) is 1.09. The van der Waals surface area contributed by atoms with Crippen LogP contribution in [-0.4, -0.2) is 18.1 Å². The van der Waals surface area contributed by atoms with Crippen LogP contribution in [0.2, 0.25) is 0 Å². The van der Waals surface area contributed by atoms with Gasteiger partial charge in [-0.2, -0.15) is 5.10 Å². The van der Waals surface area contributed by atoms with E-state index in [2.05, 4.69) is 15.5 Å². The molecule has 1 aromatic carbocycles. The summed E-state index contributed by atoms with van der Waals surface area (Å²) in [5, 5.41) is 9.93. The van der Waals surface area contributed by atoms with Gasteiger partial charge in [-0.1, -0.05) is 12.1 Å². The smallest absolute Gasteiger partial charge is 0.211 e. The molecule has 0 saturated carbocycles. The molecule has 0 bridgehead atoms. The first-order chi connectivity index (χ1) is 7.63. The number of hydrogen-bond donors (Lipinski definition) is 3. The lowest BCUT2D eigenvalue weighted by Crippen LogP contribution is -2.22. The van der Waals surface area contributed by atoms with Gasteiger partial charge < -0.3 is 16.8 Å². The summed E-state index contributed by atoms with van der Waals surface area (Å²) in [6.07, 6.45) is 0.613. The van der Waals surface area contributed by atoms with E-state index in [1.54, 1.807) is 25.1 Å². The highest BCUT2D eigenvalue weighted by Gasteiger charge is 1.98. The van der Waals surface area contributed by atoms with Gasteiger partial charge >= 0.3 is 0 Å². The van der Waals surface area contributed by atoms with Gasteiger partial charge in [0, 0.05) is 5.69 Å². The van der Waals surface area contributed by atoms with E-state index in [1.165, 1.54) is 0 Å². The molecule has 0 unspecified atom stereocenters. The van der Waals surface area contributed by atoms with E-state index < -0.39 is 0 Å². The quantitative estimate of drug-likeness (QED) is 0.292. The Bertz CT molecular complexity index is 435. The van der Waals surface area contributed by atoms with Crippen LogP contribution >= 0.6 is 0 Å². The zero-order valence-corrected chi connectivity index (χ0v) is 8.84. The fraction of sp³-hybridized carbons (Fsp3) is 0.100. The number of nitrogens with two attached hydrogens (primary N) is 2. The van der Waals surface area contributed by atoms with Crippen LogP contribution in [0, 0.1) is 0 Å². The zero-order valence-electron chi connectivity index (χ0n) is 8.84. The highest BCUT2D eigenvalue weighted by atomic mass is 16.1. The van der Waals surface area contributed by atoms with E-state index in [4.69, 9.17) is 11.5 Å². The van der Waals surface area contributed by atoms with E-state index in [9.17, 15) is 4.79 Å². The van der Waals surface area contributed by atoms with Crippen molar-refractivity contribution in [1.29, 1.82) is 0 Å². The second-order valence-electron chi connectivity index (χ2n) is 3.05. The third kappa shape index (κ3) is 3.41. The molecule has 0 aliphatic heterocycles. The number of rotatable bonds is 4. The van der Waals surface area contributed by atoms with E-state index in [0.29, 0.717) is 17.8 Å². The second-order valence-corrected chi connectivity index (χ2v) is 3.05. The van der Waals surface area contributed by atoms with Crippen molar-refractivity contribution in [3.63, 3.8) is 0 Å². The highest BCUT2D eigenvalue weighted by molar-refractivity contribution is 6.00. The zero-order chi connectivity index (χ0) is 12.0. The summed E-state index contributed by atoms with van der Waals surface area (Å²) >= 11 is 0. The van der Waals surface area contributed by atoms with Gasteiger partial charge in [-0.05, 0) is 24.6 Å². The minimum atomic E-state index is -0.0958. The average molecular weight is 219 g/mol. The summed E-state index contributed by atoms with van der Waals surface area (Å²) in [5.74, 6) is -0.0958. The minimum absolute atomic E-state index is 0.0958. The van der Waals surface area contributed by atoms with Crippen LogP contribution in [0.3, 0.4) is 0 Å². The molecule has 0 aliphatic rings. The van der Waals surface area contributed by atoms with Crippen LogP contribution < -0.4 is 16.8 Å². The summed E-state index contributed by atoms with van der Waals surface area (Å²) in [4.78, 5) is 10.3. The Morgan fingerprint density at radius 2 is 2.12 bits per heavy atom. The van der Waals surface area contributed by atoms with E-state index in [-0.39, 0.29) is 5.96 Å². The third-order valence-corrected chi connectivity index (χ3v) is 1.82. The maximum atomic E-state index is 10.3. The number of nitrogens with zero attached hydrogens (tertiary/aromatic N) is 2. The van der Waals surface area contributed by atoms with Crippen LogP contribution in [0.4, 0.5) is 5.69 Å². The van der Waals surface area contributed by atoms with Crippen molar-refractivity contribution in [2.75, 3.05) is 5.32 Å². The first-order valence-corrected chi connectivity index (χ1v) is 4.57. The molecule has 6 nitrogen and oxygen atoms in total. The van der Waals surface area contributed by atoms with Gasteiger partial charge in [0.2, 0.25) is 12.4 Å². The van der Waals surface area contributed by atoms with Gasteiger partial charge in [0.1, 0.15) is 0 Å². The summed E-state index contributed by atoms with van der Waals surface area (Å²) in [6.45, 7) is 1.77. The van der Waals surface area contributed by atoms with Crippen LogP contribution in [-0.2, 0) is 4.79 Å². The molecule has 0 aromatic heterocycles. The monoisotopic (exact) mass is 219 g/mol. The number of carbonyl (C=O) groups is 1. The van der Waals surface area contributed by atoms with Crippen molar-refractivity contribution < 1.29 is 4.79 Å². The molecule has 1 aromatic rings. The molecule has 5 N–H and O–H groups in total. The van der Waals surface area contributed by atoms with Crippen molar-refractivity contribution in [2.45, 2.75) is 6.92 Å². The maximum absolute atomic E-state index is 10.3. The van der Waals surface area contributed by atoms with E-state index in [0.717, 1.165) is 5.56 Å². The molecule has 0 spiro atoms. The number of carbonyl (C=O) groups excluding carboxylic acids is 1. The van der Waals surface area contributed by atoms with Crippen LogP contribution in [0.5, 0.6) is 0 Å². The van der Waals surface area contributed by atoms with E-state index in [1.807, 2.05) is 6.07 Å². The lowest BCUT2D eigenvalue weighted by atomic mass is 10.1. The molecule has 1 rings (SSSR count). The largest absolute Gasteiger partial charge is 0.369 e. The third-order valence-electron chi connectivity index (χ3n) is 1.82. The van der Waals surface area contributed by atoms with Gasteiger partial charge in [0.05, 0.1) is 5.71 Å². The molecule has 0 radical (unpaired) electrons. The Labute approximate surface area is 93.0 Å². The molecule has 0 saturated heterocycles. The average Bonchev–Trinajstić information content (AvgIpc) is 2.26. The van der Waals surface area contributed by atoms with Gasteiger partial charge in [0.15, 0.2) is 0 Å². The topological polar surface area (TPSA) is 106 Å². The number of amides is 1. The molecule has 0 heterocycles.